The SMILES string of the molecule is CC(C)NCC(=O)OCc1ccc(F)c(F)c1. The molecule has 0 unspecified atom stereocenters. The van der Waals surface area contributed by atoms with Crippen LogP contribution in [0, 0.1) is 11.6 Å². The highest BCUT2D eigenvalue weighted by atomic mass is 19.2. The van der Waals surface area contributed by atoms with Crippen LogP contribution in [-0.4, -0.2) is 18.6 Å². The topological polar surface area (TPSA) is 38.3 Å². The van der Waals surface area contributed by atoms with Crippen molar-refractivity contribution in [1.29, 1.82) is 0 Å². The lowest BCUT2D eigenvalue weighted by Gasteiger charge is -2.08. The smallest absolute Gasteiger partial charge is 0.320 e. The molecule has 0 bridgehead atoms. The summed E-state index contributed by atoms with van der Waals surface area (Å²) in [7, 11) is 0. The van der Waals surface area contributed by atoms with E-state index in [4.69, 9.17) is 4.74 Å². The Morgan fingerprint density at radius 1 is 1.35 bits per heavy atom. The van der Waals surface area contributed by atoms with Crippen LogP contribution < -0.4 is 5.32 Å². The summed E-state index contributed by atoms with van der Waals surface area (Å²) in [5.74, 6) is -2.29. The second kappa shape index (κ2) is 6.30. The average Bonchev–Trinajstić information content (AvgIpc) is 2.28. The molecule has 1 rings (SSSR count). The predicted octanol–water partition coefficient (Wildman–Crippen LogP) is 2.01. The maximum Gasteiger partial charge on any atom is 0.320 e. The monoisotopic (exact) mass is 243 g/mol. The third kappa shape index (κ3) is 4.91. The Bertz CT molecular complexity index is 394. The lowest BCUT2D eigenvalue weighted by atomic mass is 10.2. The van der Waals surface area contributed by atoms with E-state index in [1.165, 1.54) is 6.07 Å². The highest BCUT2D eigenvalue weighted by Crippen LogP contribution is 2.09. The molecule has 17 heavy (non-hydrogen) atoms. The maximum atomic E-state index is 12.8. The number of halogens is 2. The van der Waals surface area contributed by atoms with Crippen molar-refractivity contribution >= 4 is 5.97 Å². The van der Waals surface area contributed by atoms with Gasteiger partial charge in [-0.3, -0.25) is 4.79 Å². The fourth-order valence-corrected chi connectivity index (χ4v) is 1.13. The lowest BCUT2D eigenvalue weighted by Crippen LogP contribution is -2.30. The molecule has 0 radical (unpaired) electrons. The highest BCUT2D eigenvalue weighted by molar-refractivity contribution is 5.71. The molecule has 5 heteroatoms. The number of benzene rings is 1. The van der Waals surface area contributed by atoms with Crippen molar-refractivity contribution in [3.05, 3.63) is 35.4 Å². The Morgan fingerprint density at radius 3 is 2.65 bits per heavy atom. The van der Waals surface area contributed by atoms with Crippen molar-refractivity contribution in [3.63, 3.8) is 0 Å². The molecule has 3 nitrogen and oxygen atoms in total. The standard InChI is InChI=1S/C12H15F2NO2/c1-8(2)15-6-12(16)17-7-9-3-4-10(13)11(14)5-9/h3-5,8,15H,6-7H2,1-2H3. The largest absolute Gasteiger partial charge is 0.460 e. The summed E-state index contributed by atoms with van der Waals surface area (Å²) in [6, 6.07) is 3.58. The van der Waals surface area contributed by atoms with Crippen LogP contribution in [0.2, 0.25) is 0 Å². The van der Waals surface area contributed by atoms with Crippen molar-refractivity contribution in [2.75, 3.05) is 6.54 Å². The molecular formula is C12H15F2NO2. The van der Waals surface area contributed by atoms with Crippen LogP contribution in [0.1, 0.15) is 19.4 Å². The molecule has 0 amide bonds. The number of hydrogen-bond acceptors (Lipinski definition) is 3. The number of hydrogen-bond donors (Lipinski definition) is 1. The van der Waals surface area contributed by atoms with Crippen molar-refractivity contribution in [2.24, 2.45) is 0 Å². The van der Waals surface area contributed by atoms with E-state index in [0.717, 1.165) is 12.1 Å². The first-order valence-corrected chi connectivity index (χ1v) is 5.32. The molecular weight excluding hydrogens is 228 g/mol. The fourth-order valence-electron chi connectivity index (χ4n) is 1.13. The minimum absolute atomic E-state index is 0.0597. The maximum absolute atomic E-state index is 12.8. The fraction of sp³-hybridized carbons (Fsp3) is 0.417. The molecule has 1 aromatic carbocycles. The Balaban J connectivity index is 2.39. The molecule has 94 valence electrons. The van der Waals surface area contributed by atoms with Gasteiger partial charge in [-0.2, -0.15) is 0 Å². The number of nitrogens with one attached hydrogen (secondary N) is 1. The molecule has 0 saturated heterocycles. The second-order valence-electron chi connectivity index (χ2n) is 3.94. The molecule has 0 aliphatic rings. The van der Waals surface area contributed by atoms with Crippen LogP contribution in [0.25, 0.3) is 0 Å². The summed E-state index contributed by atoms with van der Waals surface area (Å²) in [5.41, 5.74) is 0.418. The first-order valence-electron chi connectivity index (χ1n) is 5.32. The zero-order chi connectivity index (χ0) is 12.8. The van der Waals surface area contributed by atoms with Gasteiger partial charge in [-0.05, 0) is 17.7 Å². The van der Waals surface area contributed by atoms with Crippen molar-refractivity contribution in [3.8, 4) is 0 Å². The quantitative estimate of drug-likeness (QED) is 0.804. The normalized spacial score (nSPS) is 10.6. The Hall–Kier alpha value is -1.49. The van der Waals surface area contributed by atoms with Crippen molar-refractivity contribution in [1.82, 2.24) is 5.32 Å². The van der Waals surface area contributed by atoms with Crippen molar-refractivity contribution in [2.45, 2.75) is 26.5 Å². The number of carbonyl (C=O) groups is 1. The zero-order valence-electron chi connectivity index (χ0n) is 9.80. The molecule has 0 saturated carbocycles. The van der Waals surface area contributed by atoms with E-state index in [0.29, 0.717) is 5.56 Å². The van der Waals surface area contributed by atoms with Gasteiger partial charge in [-0.25, -0.2) is 8.78 Å². The molecule has 0 aliphatic heterocycles. The Kier molecular flexibility index (Phi) is 5.03. The Morgan fingerprint density at radius 2 is 2.06 bits per heavy atom. The van der Waals surface area contributed by atoms with Gasteiger partial charge in [-0.15, -0.1) is 0 Å². The van der Waals surface area contributed by atoms with E-state index >= 15 is 0 Å². The van der Waals surface area contributed by atoms with Gasteiger partial charge >= 0.3 is 5.97 Å². The first kappa shape index (κ1) is 13.6. The van der Waals surface area contributed by atoms with Crippen LogP contribution >= 0.6 is 0 Å². The van der Waals surface area contributed by atoms with E-state index in [2.05, 4.69) is 5.32 Å². The minimum Gasteiger partial charge on any atom is -0.460 e. The van der Waals surface area contributed by atoms with E-state index in [1.807, 2.05) is 13.8 Å². The van der Waals surface area contributed by atoms with E-state index in [1.54, 1.807) is 0 Å². The van der Waals surface area contributed by atoms with Gasteiger partial charge in [0.05, 0.1) is 6.54 Å². The summed E-state index contributed by atoms with van der Waals surface area (Å²) >= 11 is 0. The molecule has 0 fully saturated rings. The summed E-state index contributed by atoms with van der Waals surface area (Å²) in [4.78, 5) is 11.2. The molecule has 1 aromatic rings. The van der Waals surface area contributed by atoms with Crippen LogP contribution in [-0.2, 0) is 16.1 Å². The van der Waals surface area contributed by atoms with E-state index in [-0.39, 0.29) is 19.2 Å². The van der Waals surface area contributed by atoms with Gasteiger partial charge in [0.15, 0.2) is 11.6 Å². The van der Waals surface area contributed by atoms with Crippen LogP contribution in [0.15, 0.2) is 18.2 Å². The van der Waals surface area contributed by atoms with Gasteiger partial charge in [0.2, 0.25) is 0 Å². The summed E-state index contributed by atoms with van der Waals surface area (Å²) in [5, 5.41) is 2.89. The van der Waals surface area contributed by atoms with E-state index < -0.39 is 17.6 Å². The molecule has 0 spiro atoms. The molecule has 0 atom stereocenters. The highest BCUT2D eigenvalue weighted by Gasteiger charge is 2.06. The van der Waals surface area contributed by atoms with Crippen LogP contribution in [0.4, 0.5) is 8.78 Å². The average molecular weight is 243 g/mol. The van der Waals surface area contributed by atoms with Gasteiger partial charge in [-0.1, -0.05) is 19.9 Å². The molecule has 0 aliphatic carbocycles. The van der Waals surface area contributed by atoms with Gasteiger partial charge in [0.1, 0.15) is 6.61 Å². The second-order valence-corrected chi connectivity index (χ2v) is 3.94. The van der Waals surface area contributed by atoms with Gasteiger partial charge < -0.3 is 10.1 Å². The van der Waals surface area contributed by atoms with Gasteiger partial charge in [0.25, 0.3) is 0 Å². The van der Waals surface area contributed by atoms with Crippen molar-refractivity contribution < 1.29 is 18.3 Å². The summed E-state index contributed by atoms with van der Waals surface area (Å²) in [6.45, 7) is 3.85. The van der Waals surface area contributed by atoms with E-state index in [9.17, 15) is 13.6 Å². The molecule has 0 heterocycles. The summed E-state index contributed by atoms with van der Waals surface area (Å²) in [6.07, 6.45) is 0. The zero-order valence-corrected chi connectivity index (χ0v) is 9.80. The molecule has 0 aromatic heterocycles. The summed E-state index contributed by atoms with van der Waals surface area (Å²) < 4.78 is 30.3. The third-order valence-corrected chi connectivity index (χ3v) is 2.04. The number of rotatable bonds is 5. The predicted molar refractivity (Wildman–Crippen MR) is 59.3 cm³/mol. The minimum atomic E-state index is -0.946. The Labute approximate surface area is 98.8 Å². The molecule has 1 N–H and O–H groups in total. The lowest BCUT2D eigenvalue weighted by molar-refractivity contribution is -0.143. The van der Waals surface area contributed by atoms with Crippen LogP contribution in [0.3, 0.4) is 0 Å². The number of esters is 1. The van der Waals surface area contributed by atoms with Crippen LogP contribution in [0.5, 0.6) is 0 Å². The number of carbonyl (C=O) groups excluding carboxylic acids is 1. The first-order chi connectivity index (χ1) is 7.99. The number of ether oxygens (including phenoxy) is 1. The third-order valence-electron chi connectivity index (χ3n) is 2.04. The van der Waals surface area contributed by atoms with Gasteiger partial charge in [0, 0.05) is 6.04 Å².